The van der Waals surface area contributed by atoms with E-state index < -0.39 is 0 Å². The Labute approximate surface area is 163 Å². The molecule has 0 aliphatic heterocycles. The third-order valence-corrected chi connectivity index (χ3v) is 3.56. The van der Waals surface area contributed by atoms with Crippen molar-refractivity contribution in [1.82, 2.24) is 25.4 Å². The second-order valence-electron chi connectivity index (χ2n) is 5.72. The lowest BCUT2D eigenvalue weighted by Gasteiger charge is -2.18. The Hall–Kier alpha value is -2.42. The van der Waals surface area contributed by atoms with E-state index in [9.17, 15) is 5.11 Å². The number of hydrogen-bond donors (Lipinski definition) is 3. The summed E-state index contributed by atoms with van der Waals surface area (Å²) in [6.45, 7) is 2.55. The maximum atomic E-state index is 10.3. The van der Waals surface area contributed by atoms with Crippen LogP contribution < -0.4 is 10.6 Å². The van der Waals surface area contributed by atoms with Crippen LogP contribution in [0.2, 0.25) is 0 Å². The number of phenols is 1. The zero-order valence-electron chi connectivity index (χ0n) is 14.3. The van der Waals surface area contributed by atoms with Crippen LogP contribution in [0.4, 0.5) is 5.95 Å². The highest BCUT2D eigenvalue weighted by atomic mass is 35.5. The third kappa shape index (κ3) is 4.81. The summed E-state index contributed by atoms with van der Waals surface area (Å²) in [5.41, 5.74) is 8.60. The Bertz CT molecular complexity index is 810. The molecule has 0 aliphatic carbocycles. The second-order valence-corrected chi connectivity index (χ2v) is 5.72. The molecule has 0 fully saturated rings. The Morgan fingerprint density at radius 3 is 2.50 bits per heavy atom. The van der Waals surface area contributed by atoms with Gasteiger partial charge in [0.1, 0.15) is 11.4 Å². The van der Waals surface area contributed by atoms with Crippen molar-refractivity contribution in [3.8, 4) is 28.1 Å². The number of hydrogen-bond acceptors (Lipinski definition) is 7. The van der Waals surface area contributed by atoms with E-state index in [0.29, 0.717) is 23.8 Å². The van der Waals surface area contributed by atoms with Gasteiger partial charge in [0.15, 0.2) is 0 Å². The molecule has 10 heteroatoms. The molecule has 0 spiro atoms. The smallest absolute Gasteiger partial charge is 0.245 e. The molecule has 2 heterocycles. The molecule has 0 saturated carbocycles. The lowest BCUT2D eigenvalue weighted by atomic mass is 10.0. The highest BCUT2D eigenvalue weighted by Gasteiger charge is 2.12. The fourth-order valence-electron chi connectivity index (χ4n) is 2.42. The Kier molecular flexibility index (Phi) is 7.76. The Balaban J connectivity index is 0.00000169. The lowest BCUT2D eigenvalue weighted by Crippen LogP contribution is -2.33. The quantitative estimate of drug-likeness (QED) is 0.604. The summed E-state index contributed by atoms with van der Waals surface area (Å²) in [5, 5.41) is 25.2. The van der Waals surface area contributed by atoms with Crippen molar-refractivity contribution in [3.63, 3.8) is 0 Å². The molecule has 3 rings (SSSR count). The van der Waals surface area contributed by atoms with Gasteiger partial charge in [-0.25, -0.2) is 4.98 Å². The molecule has 8 nitrogen and oxygen atoms in total. The van der Waals surface area contributed by atoms with E-state index in [0.717, 1.165) is 11.1 Å². The molecule has 3 aromatic rings. The van der Waals surface area contributed by atoms with Crippen molar-refractivity contribution >= 4 is 30.8 Å². The summed E-state index contributed by atoms with van der Waals surface area (Å²) < 4.78 is 0. The third-order valence-electron chi connectivity index (χ3n) is 3.56. The van der Waals surface area contributed by atoms with Crippen molar-refractivity contribution in [3.05, 3.63) is 36.8 Å². The van der Waals surface area contributed by atoms with Crippen LogP contribution in [0.5, 0.6) is 5.75 Å². The van der Waals surface area contributed by atoms with Gasteiger partial charge in [0.25, 0.3) is 0 Å². The van der Waals surface area contributed by atoms with Crippen molar-refractivity contribution in [2.75, 3.05) is 18.5 Å². The van der Waals surface area contributed by atoms with Crippen LogP contribution >= 0.6 is 24.8 Å². The van der Waals surface area contributed by atoms with E-state index in [-0.39, 0.29) is 36.6 Å². The normalized spacial score (nSPS) is 11.2. The first kappa shape index (κ1) is 21.6. The number of H-pyrrole nitrogens is 1. The average Bonchev–Trinajstić information content (AvgIpc) is 3.09. The molecular weight excluding hydrogens is 377 g/mol. The van der Waals surface area contributed by atoms with Gasteiger partial charge >= 0.3 is 0 Å². The van der Waals surface area contributed by atoms with Crippen molar-refractivity contribution in [1.29, 1.82) is 0 Å². The molecule has 140 valence electrons. The van der Waals surface area contributed by atoms with Crippen LogP contribution in [0.3, 0.4) is 0 Å². The van der Waals surface area contributed by atoms with Crippen LogP contribution in [0, 0.1) is 0 Å². The standard InChI is InChI=1S/C16H19N7O.2ClH/c1-10(17)9-23(2)16-18-8-14(21-22-16)13-4-3-11(5-15(13)24)12-6-19-20-7-12;;/h3-8,10,24H,9,17H2,1-2H3,(H,19,20);2*1H. The first-order valence-corrected chi connectivity index (χ1v) is 7.53. The van der Waals surface area contributed by atoms with E-state index in [1.807, 2.05) is 24.9 Å². The van der Waals surface area contributed by atoms with Crippen molar-refractivity contribution in [2.45, 2.75) is 13.0 Å². The van der Waals surface area contributed by atoms with Gasteiger partial charge in [0, 0.05) is 37.0 Å². The van der Waals surface area contributed by atoms with Gasteiger partial charge in [0.05, 0.1) is 12.4 Å². The van der Waals surface area contributed by atoms with Gasteiger partial charge in [-0.2, -0.15) is 5.10 Å². The van der Waals surface area contributed by atoms with E-state index in [2.05, 4.69) is 25.4 Å². The van der Waals surface area contributed by atoms with Crippen molar-refractivity contribution < 1.29 is 5.11 Å². The molecule has 0 bridgehead atoms. The first-order chi connectivity index (χ1) is 11.5. The van der Waals surface area contributed by atoms with Gasteiger partial charge < -0.3 is 15.7 Å². The number of benzene rings is 1. The predicted molar refractivity (Wildman–Crippen MR) is 106 cm³/mol. The zero-order valence-corrected chi connectivity index (χ0v) is 16.0. The monoisotopic (exact) mass is 397 g/mol. The number of nitrogens with one attached hydrogen (secondary N) is 1. The largest absolute Gasteiger partial charge is 0.507 e. The number of aromatic nitrogens is 5. The van der Waals surface area contributed by atoms with Gasteiger partial charge in [-0.15, -0.1) is 35.0 Å². The van der Waals surface area contributed by atoms with Crippen molar-refractivity contribution in [2.24, 2.45) is 5.73 Å². The molecule has 1 atom stereocenters. The number of phenolic OH excluding ortho intramolecular Hbond substituents is 1. The summed E-state index contributed by atoms with van der Waals surface area (Å²) in [6.07, 6.45) is 5.05. The molecule has 0 radical (unpaired) electrons. The number of aromatic amines is 1. The maximum Gasteiger partial charge on any atom is 0.245 e. The van der Waals surface area contributed by atoms with Crippen LogP contribution in [-0.2, 0) is 0 Å². The van der Waals surface area contributed by atoms with Crippen LogP contribution in [0.15, 0.2) is 36.8 Å². The topological polar surface area (TPSA) is 117 Å². The number of halogens is 2. The SMILES string of the molecule is CC(N)CN(C)c1ncc(-c2ccc(-c3cn[nH]c3)cc2O)nn1.Cl.Cl. The second kappa shape index (κ2) is 9.33. The highest BCUT2D eigenvalue weighted by Crippen LogP contribution is 2.31. The number of likely N-dealkylation sites (N-methyl/N-ethyl adjacent to an activating group) is 1. The summed E-state index contributed by atoms with van der Waals surface area (Å²) in [7, 11) is 1.86. The minimum absolute atomic E-state index is 0. The molecule has 0 aliphatic rings. The van der Waals surface area contributed by atoms with Gasteiger partial charge in [-0.1, -0.05) is 6.07 Å². The molecule has 4 N–H and O–H groups in total. The Morgan fingerprint density at radius 1 is 1.19 bits per heavy atom. The minimum Gasteiger partial charge on any atom is -0.507 e. The van der Waals surface area contributed by atoms with Gasteiger partial charge in [0.2, 0.25) is 5.95 Å². The molecule has 0 saturated heterocycles. The Morgan fingerprint density at radius 2 is 1.96 bits per heavy atom. The van der Waals surface area contributed by atoms with Gasteiger partial charge in [-0.3, -0.25) is 5.10 Å². The molecule has 26 heavy (non-hydrogen) atoms. The number of anilines is 1. The fourth-order valence-corrected chi connectivity index (χ4v) is 2.42. The maximum absolute atomic E-state index is 10.3. The number of rotatable bonds is 5. The number of aromatic hydroxyl groups is 1. The molecular formula is C16H21Cl2N7O. The molecule has 1 aromatic carbocycles. The lowest BCUT2D eigenvalue weighted by molar-refractivity contribution is 0.477. The fraction of sp³-hybridized carbons (Fsp3) is 0.250. The van der Waals surface area contributed by atoms with Crippen LogP contribution in [0.25, 0.3) is 22.4 Å². The van der Waals surface area contributed by atoms with Crippen LogP contribution in [0.1, 0.15) is 6.92 Å². The van der Waals surface area contributed by atoms with Gasteiger partial charge in [-0.05, 0) is 24.6 Å². The molecule has 2 aromatic heterocycles. The highest BCUT2D eigenvalue weighted by molar-refractivity contribution is 5.85. The van der Waals surface area contributed by atoms with E-state index in [1.54, 1.807) is 30.7 Å². The van der Waals surface area contributed by atoms with E-state index in [1.165, 1.54) is 0 Å². The average molecular weight is 398 g/mol. The zero-order chi connectivity index (χ0) is 17.1. The summed E-state index contributed by atoms with van der Waals surface area (Å²) in [6, 6.07) is 5.35. The summed E-state index contributed by atoms with van der Waals surface area (Å²) in [5.74, 6) is 0.604. The summed E-state index contributed by atoms with van der Waals surface area (Å²) >= 11 is 0. The predicted octanol–water partition coefficient (Wildman–Crippen LogP) is 2.26. The van der Waals surface area contributed by atoms with Crippen LogP contribution in [-0.4, -0.2) is 50.1 Å². The van der Waals surface area contributed by atoms with E-state index >= 15 is 0 Å². The minimum atomic E-state index is 0. The molecule has 1 unspecified atom stereocenters. The number of nitrogens with two attached hydrogens (primary N) is 1. The summed E-state index contributed by atoms with van der Waals surface area (Å²) in [4.78, 5) is 6.13. The van der Waals surface area contributed by atoms with E-state index in [4.69, 9.17) is 5.73 Å². The molecule has 0 amide bonds. The first-order valence-electron chi connectivity index (χ1n) is 7.53. The number of nitrogens with zero attached hydrogens (tertiary/aromatic N) is 5.